The maximum Gasteiger partial charge on any atom is 0.416 e. The van der Waals surface area contributed by atoms with Crippen LogP contribution < -0.4 is 26.4 Å². The first kappa shape index (κ1) is 63.1. The predicted molar refractivity (Wildman–Crippen MR) is 258 cm³/mol. The number of halogens is 25. The summed E-state index contributed by atoms with van der Waals surface area (Å²) in [4.78, 5) is 12.9. The number of carbonyl (C=O) groups is 1. The van der Waals surface area contributed by atoms with E-state index in [4.69, 9.17) is 0 Å². The van der Waals surface area contributed by atoms with Crippen LogP contribution in [0.15, 0.2) is 168 Å². The average Bonchev–Trinajstić information content (AvgIpc) is 0.883. The molecule has 0 radical (unpaired) electrons. The molecule has 83 heavy (non-hydrogen) atoms. The van der Waals surface area contributed by atoms with Crippen molar-refractivity contribution in [2.24, 2.45) is 0 Å². The summed E-state index contributed by atoms with van der Waals surface area (Å²) >= 11 is 3.49. The minimum Gasteiger partial charge on any atom is -0.287 e. The number of ketones is 1. The van der Waals surface area contributed by atoms with Crippen LogP contribution in [0.2, 0.25) is 0 Å². The van der Waals surface area contributed by atoms with Crippen molar-refractivity contribution in [1.29, 1.82) is 0 Å². The highest BCUT2D eigenvalue weighted by molar-refractivity contribution is 9.10. The van der Waals surface area contributed by atoms with Crippen LogP contribution in [0, 0.1) is 0 Å². The van der Waals surface area contributed by atoms with Crippen LogP contribution in [-0.2, 0) is 56.0 Å². The zero-order valence-corrected chi connectivity index (χ0v) is 42.3. The van der Waals surface area contributed by atoms with Crippen molar-refractivity contribution in [2.75, 3.05) is 0 Å². The van der Waals surface area contributed by atoms with E-state index in [1.807, 2.05) is 54.6 Å². The minimum absolute atomic E-state index is 0.102. The van der Waals surface area contributed by atoms with Gasteiger partial charge in [0, 0.05) is 33.1 Å². The standard InChI is InChI=1S/C32H12BF24.C23H17BrNO/c34-25(35,36)13-1-14(26(37,38)39)6-21(5-13)33(22-7-15(27(40,41)42)2-16(8-22)28(43,44)45,23-9-17(29(46,47)48)3-18(10-23)30(49,50)51)24-11-19(31(52,53)54)4-20(12-24)32(55,56)57;24-20-13-10-18(11-14-20)22-15-12-17-6-4-5-9-21(17)25(22)16-23(26)19-7-2-1-3-8-19/h1-12H;1-15H,16H2/q-1;+1. The van der Waals surface area contributed by atoms with E-state index >= 15 is 0 Å². The first-order chi connectivity index (χ1) is 38.0. The van der Waals surface area contributed by atoms with E-state index in [-0.39, 0.29) is 5.78 Å². The van der Waals surface area contributed by atoms with Gasteiger partial charge in [0.2, 0.25) is 23.5 Å². The Balaban J connectivity index is 0.000000313. The number of para-hydroxylation sites is 1. The van der Waals surface area contributed by atoms with E-state index in [0.717, 1.165) is 32.2 Å². The van der Waals surface area contributed by atoms with E-state index < -0.39 is 195 Å². The average molecular weight is 1270 g/mol. The number of aromatic nitrogens is 1. The maximum absolute atomic E-state index is 14.2. The number of rotatable bonds is 8. The van der Waals surface area contributed by atoms with E-state index in [1.54, 1.807) is 0 Å². The second kappa shape index (κ2) is 22.2. The van der Waals surface area contributed by atoms with Gasteiger partial charge in [0.05, 0.1) is 44.5 Å². The lowest BCUT2D eigenvalue weighted by molar-refractivity contribution is -0.646. The van der Waals surface area contributed by atoms with Crippen LogP contribution in [0.3, 0.4) is 0 Å². The highest BCUT2D eigenvalue weighted by atomic mass is 79.9. The fraction of sp³-hybridized carbons (Fsp3) is 0.164. The van der Waals surface area contributed by atoms with Crippen LogP contribution >= 0.6 is 15.9 Å². The van der Waals surface area contributed by atoms with Crippen molar-refractivity contribution < 1.29 is 115 Å². The van der Waals surface area contributed by atoms with Crippen molar-refractivity contribution in [1.82, 2.24) is 0 Å². The van der Waals surface area contributed by atoms with Gasteiger partial charge in [0.15, 0.2) is 0 Å². The molecule has 0 aliphatic rings. The molecular formula is C55H29BBrF24NO. The fourth-order valence-electron chi connectivity index (χ4n) is 9.24. The lowest BCUT2D eigenvalue weighted by atomic mass is 9.12. The summed E-state index contributed by atoms with van der Waals surface area (Å²) in [5.74, 6) is 0.102. The van der Waals surface area contributed by atoms with E-state index in [9.17, 15) is 110 Å². The SMILES string of the molecule is FC(F)(F)c1cc([B-](c2cc(C(F)(F)F)cc(C(F)(F)F)c2)(c2cc(C(F)(F)F)cc(C(F)(F)F)c2)c2cc(C(F)(F)F)cc(C(F)(F)F)c2)cc(C(F)(F)F)c1.O=C(C[n+]1c(-c2ccc(Br)cc2)ccc2ccccc21)c1ccccc1. The zero-order chi connectivity index (χ0) is 61.8. The maximum atomic E-state index is 14.2. The topological polar surface area (TPSA) is 20.9 Å². The van der Waals surface area contributed by atoms with Gasteiger partial charge >= 0.3 is 49.4 Å². The molecular weight excluding hydrogens is 1240 g/mol. The van der Waals surface area contributed by atoms with Crippen LogP contribution in [0.1, 0.15) is 54.9 Å². The van der Waals surface area contributed by atoms with Crippen LogP contribution in [0.4, 0.5) is 105 Å². The Hall–Kier alpha value is -7.52. The monoisotopic (exact) mass is 1270 g/mol. The molecule has 0 amide bonds. The molecule has 1 heterocycles. The molecule has 0 aliphatic carbocycles. The summed E-state index contributed by atoms with van der Waals surface area (Å²) < 4.78 is 344. The van der Waals surface area contributed by atoms with Gasteiger partial charge in [-0.05, 0) is 60.7 Å². The number of fused-ring (bicyclic) bond motifs is 1. The molecule has 8 rings (SSSR count). The molecule has 0 atom stereocenters. The minimum atomic E-state index is -6.13. The Labute approximate surface area is 459 Å². The van der Waals surface area contributed by atoms with Gasteiger partial charge in [-0.2, -0.15) is 132 Å². The molecule has 0 spiro atoms. The summed E-state index contributed by atoms with van der Waals surface area (Å²) in [5, 5.41) is 1.12. The van der Waals surface area contributed by atoms with E-state index in [1.165, 1.54) is 0 Å². The van der Waals surface area contributed by atoms with Gasteiger partial charge in [-0.1, -0.05) is 107 Å². The Kier molecular flexibility index (Phi) is 16.9. The quantitative estimate of drug-likeness (QED) is 0.0643. The second-order valence-corrected chi connectivity index (χ2v) is 19.3. The Morgan fingerprint density at radius 3 is 0.940 bits per heavy atom. The van der Waals surface area contributed by atoms with Gasteiger partial charge in [0.25, 0.3) is 0 Å². The highest BCUT2D eigenvalue weighted by Gasteiger charge is 2.47. The van der Waals surface area contributed by atoms with Crippen molar-refractivity contribution in [2.45, 2.75) is 56.0 Å². The fourth-order valence-corrected chi connectivity index (χ4v) is 9.50. The lowest BCUT2D eigenvalue weighted by Crippen LogP contribution is -2.75. The highest BCUT2D eigenvalue weighted by Crippen LogP contribution is 2.42. The van der Waals surface area contributed by atoms with Crippen molar-refractivity contribution in [3.05, 3.63) is 218 Å². The molecule has 0 saturated heterocycles. The number of nitrogens with zero attached hydrogens (tertiary/aromatic N) is 1. The number of hydrogen-bond acceptors (Lipinski definition) is 1. The molecule has 8 aromatic rings. The molecule has 0 fully saturated rings. The number of Topliss-reactive ketones (excluding diaryl/α,β-unsaturated/α-hetero) is 1. The van der Waals surface area contributed by atoms with Crippen LogP contribution in [0.5, 0.6) is 0 Å². The van der Waals surface area contributed by atoms with Crippen molar-refractivity contribution >= 4 is 60.6 Å². The number of alkyl halides is 24. The predicted octanol–water partition coefficient (Wildman–Crippen LogP) is 16.7. The molecule has 438 valence electrons. The number of benzene rings is 7. The van der Waals surface area contributed by atoms with Gasteiger partial charge in [-0.15, -0.1) is 0 Å². The van der Waals surface area contributed by atoms with Crippen molar-refractivity contribution in [3.8, 4) is 11.3 Å². The molecule has 1 aromatic heterocycles. The Morgan fingerprint density at radius 1 is 0.349 bits per heavy atom. The first-order valence-corrected chi connectivity index (χ1v) is 23.9. The molecule has 0 N–H and O–H groups in total. The van der Waals surface area contributed by atoms with E-state index in [2.05, 4.69) is 56.9 Å². The summed E-state index contributed by atoms with van der Waals surface area (Å²) in [6.07, 6.45) is -54.8. The molecule has 0 unspecified atom stereocenters. The van der Waals surface area contributed by atoms with Gasteiger partial charge in [-0.25, -0.2) is 0 Å². The smallest absolute Gasteiger partial charge is 0.287 e. The van der Waals surface area contributed by atoms with Crippen LogP contribution in [0.25, 0.3) is 22.2 Å². The van der Waals surface area contributed by atoms with E-state index in [0.29, 0.717) is 6.54 Å². The van der Waals surface area contributed by atoms with Gasteiger partial charge in [-0.3, -0.25) is 4.79 Å². The normalized spacial score (nSPS) is 13.2. The molecule has 7 aromatic carbocycles. The summed E-state index contributed by atoms with van der Waals surface area (Å²) in [6.45, 7) is 0.302. The largest absolute Gasteiger partial charge is 0.416 e. The third-order valence-corrected chi connectivity index (χ3v) is 13.4. The third-order valence-electron chi connectivity index (χ3n) is 12.9. The summed E-state index contributed by atoms with van der Waals surface area (Å²) in [6, 6.07) is 21.2. The molecule has 0 aliphatic heterocycles. The van der Waals surface area contributed by atoms with Crippen LogP contribution in [-0.4, -0.2) is 11.9 Å². The third kappa shape index (κ3) is 14.1. The van der Waals surface area contributed by atoms with Crippen molar-refractivity contribution in [3.63, 3.8) is 0 Å². The molecule has 0 bridgehead atoms. The summed E-state index contributed by atoms with van der Waals surface area (Å²) in [7, 11) is 0. The number of pyridine rings is 1. The second-order valence-electron chi connectivity index (χ2n) is 18.4. The Morgan fingerprint density at radius 2 is 0.639 bits per heavy atom. The van der Waals surface area contributed by atoms with Gasteiger partial charge in [0.1, 0.15) is 6.15 Å². The molecule has 0 saturated carbocycles. The number of hydrogen-bond donors (Lipinski definition) is 0. The lowest BCUT2D eigenvalue weighted by Gasteiger charge is -2.46. The first-order valence-electron chi connectivity index (χ1n) is 23.1. The zero-order valence-electron chi connectivity index (χ0n) is 40.7. The number of carbonyl (C=O) groups excluding carboxylic acids is 1. The Bertz CT molecular complexity index is 3250. The molecule has 2 nitrogen and oxygen atoms in total. The summed E-state index contributed by atoms with van der Waals surface area (Å²) in [5.41, 5.74) is -26.3. The van der Waals surface area contributed by atoms with Gasteiger partial charge < -0.3 is 0 Å². The molecule has 28 heteroatoms.